The number of methoxy groups -OCH3 is 2. The van der Waals surface area contributed by atoms with Gasteiger partial charge in [-0.2, -0.15) is 8.78 Å². The highest BCUT2D eigenvalue weighted by molar-refractivity contribution is 9.09. The quantitative estimate of drug-likeness (QED) is 0.599. The zero-order valence-electron chi connectivity index (χ0n) is 9.59. The molecule has 7 heteroatoms. The number of hydrogen-bond donors (Lipinski definition) is 0. The molecule has 2 nitrogen and oxygen atoms in total. The molecule has 0 aliphatic heterocycles. The van der Waals surface area contributed by atoms with Crippen molar-refractivity contribution in [1.82, 2.24) is 0 Å². The van der Waals surface area contributed by atoms with Gasteiger partial charge in [0.2, 0.25) is 0 Å². The molecule has 1 aromatic rings. The molecule has 18 heavy (non-hydrogen) atoms. The zero-order valence-corrected chi connectivity index (χ0v) is 11.2. The lowest BCUT2D eigenvalue weighted by molar-refractivity contribution is -0.127. The second-order valence-corrected chi connectivity index (χ2v) is 4.37. The summed E-state index contributed by atoms with van der Waals surface area (Å²) in [7, 11) is 2.72. The Morgan fingerprint density at radius 3 is 2.11 bits per heavy atom. The highest BCUT2D eigenvalue weighted by Crippen LogP contribution is 2.44. The molecule has 0 aliphatic rings. The van der Waals surface area contributed by atoms with Gasteiger partial charge in [-0.05, 0) is 17.7 Å². The maximum absolute atomic E-state index is 13.2. The fourth-order valence-electron chi connectivity index (χ4n) is 1.34. The van der Waals surface area contributed by atoms with Crippen LogP contribution in [0.15, 0.2) is 18.2 Å². The number of alkyl halides is 5. The van der Waals surface area contributed by atoms with Gasteiger partial charge >= 0.3 is 12.3 Å². The number of hydrogen-bond acceptors (Lipinski definition) is 2. The van der Waals surface area contributed by atoms with Crippen molar-refractivity contribution in [3.63, 3.8) is 0 Å². The lowest BCUT2D eigenvalue weighted by Crippen LogP contribution is -2.31. The Hall–Kier alpha value is -0.980. The van der Waals surface area contributed by atoms with Gasteiger partial charge in [-0.15, -0.1) is 0 Å². The van der Waals surface area contributed by atoms with E-state index in [1.807, 2.05) is 0 Å². The first-order chi connectivity index (χ1) is 8.34. The van der Waals surface area contributed by atoms with Crippen molar-refractivity contribution in [2.75, 3.05) is 14.2 Å². The predicted molar refractivity (Wildman–Crippen MR) is 62.2 cm³/mol. The second kappa shape index (κ2) is 5.77. The monoisotopic (exact) mass is 330 g/mol. The molecule has 0 amide bonds. The summed E-state index contributed by atoms with van der Waals surface area (Å²) in [4.78, 5) is -1.80. The standard InChI is InChI=1S/C11H11BrF4O2/c1-17-7-4-3-6(5-8(7)18-2)9(12)11(15,16)10(13)14/h3-5,9-10H,1-2H3. The van der Waals surface area contributed by atoms with E-state index in [0.29, 0.717) is 5.75 Å². The molecule has 0 heterocycles. The van der Waals surface area contributed by atoms with Crippen LogP contribution in [-0.2, 0) is 0 Å². The van der Waals surface area contributed by atoms with Crippen molar-refractivity contribution in [1.29, 1.82) is 0 Å². The highest BCUT2D eigenvalue weighted by atomic mass is 79.9. The smallest absolute Gasteiger partial charge is 0.323 e. The molecule has 0 N–H and O–H groups in total. The van der Waals surface area contributed by atoms with E-state index >= 15 is 0 Å². The maximum atomic E-state index is 13.2. The largest absolute Gasteiger partial charge is 0.493 e. The summed E-state index contributed by atoms with van der Waals surface area (Å²) in [6, 6.07) is 3.88. The van der Waals surface area contributed by atoms with E-state index in [2.05, 4.69) is 15.9 Å². The van der Waals surface area contributed by atoms with Crippen LogP contribution in [0.4, 0.5) is 17.6 Å². The Kier molecular flexibility index (Phi) is 4.84. The molecule has 1 atom stereocenters. The third-order valence-corrected chi connectivity index (χ3v) is 3.47. The Morgan fingerprint density at radius 1 is 1.11 bits per heavy atom. The Labute approximate surface area is 110 Å². The van der Waals surface area contributed by atoms with Gasteiger partial charge in [-0.25, -0.2) is 8.78 Å². The number of benzene rings is 1. The van der Waals surface area contributed by atoms with Crippen LogP contribution < -0.4 is 9.47 Å². The van der Waals surface area contributed by atoms with Crippen LogP contribution in [0.3, 0.4) is 0 Å². The average Bonchev–Trinajstić information content (AvgIpc) is 2.36. The molecule has 0 saturated heterocycles. The van der Waals surface area contributed by atoms with Crippen molar-refractivity contribution in [3.05, 3.63) is 23.8 Å². The summed E-state index contributed by atoms with van der Waals surface area (Å²) in [5.74, 6) is -3.63. The summed E-state index contributed by atoms with van der Waals surface area (Å²) >= 11 is 2.59. The second-order valence-electron chi connectivity index (χ2n) is 3.45. The fourth-order valence-corrected chi connectivity index (χ4v) is 1.83. The van der Waals surface area contributed by atoms with Gasteiger partial charge < -0.3 is 9.47 Å². The van der Waals surface area contributed by atoms with Gasteiger partial charge in [0.05, 0.1) is 14.2 Å². The first-order valence-corrected chi connectivity index (χ1v) is 5.78. The number of rotatable bonds is 5. The molecule has 0 aromatic heterocycles. The molecule has 1 unspecified atom stereocenters. The van der Waals surface area contributed by atoms with Gasteiger partial charge in [0.25, 0.3) is 0 Å². The molecule has 0 bridgehead atoms. The summed E-state index contributed by atoms with van der Waals surface area (Å²) in [6.45, 7) is 0. The normalized spacial score (nSPS) is 13.6. The lowest BCUT2D eigenvalue weighted by Gasteiger charge is -2.22. The van der Waals surface area contributed by atoms with E-state index in [0.717, 1.165) is 0 Å². The maximum Gasteiger partial charge on any atom is 0.323 e. The van der Waals surface area contributed by atoms with E-state index in [9.17, 15) is 17.6 Å². The van der Waals surface area contributed by atoms with Crippen molar-refractivity contribution >= 4 is 15.9 Å². The molecule has 0 saturated carbocycles. The zero-order chi connectivity index (χ0) is 13.9. The van der Waals surface area contributed by atoms with Gasteiger partial charge in [0, 0.05) is 0 Å². The number of halogens is 5. The van der Waals surface area contributed by atoms with E-state index in [1.165, 1.54) is 32.4 Å². The van der Waals surface area contributed by atoms with Crippen LogP contribution >= 0.6 is 15.9 Å². The van der Waals surface area contributed by atoms with E-state index in [-0.39, 0.29) is 11.3 Å². The molecular formula is C11H11BrF4O2. The van der Waals surface area contributed by atoms with Crippen molar-refractivity contribution in [3.8, 4) is 11.5 Å². The third-order valence-electron chi connectivity index (χ3n) is 2.33. The van der Waals surface area contributed by atoms with Gasteiger partial charge in [0.15, 0.2) is 11.5 Å². The van der Waals surface area contributed by atoms with Gasteiger partial charge in [-0.1, -0.05) is 22.0 Å². The molecule has 102 valence electrons. The molecule has 0 aliphatic carbocycles. The lowest BCUT2D eigenvalue weighted by atomic mass is 10.1. The molecule has 0 fully saturated rings. The molecule has 0 spiro atoms. The molecule has 0 radical (unpaired) electrons. The molecule has 1 rings (SSSR count). The van der Waals surface area contributed by atoms with Crippen LogP contribution in [0.5, 0.6) is 11.5 Å². The highest BCUT2D eigenvalue weighted by Gasteiger charge is 2.48. The van der Waals surface area contributed by atoms with E-state index in [4.69, 9.17) is 9.47 Å². The van der Waals surface area contributed by atoms with Crippen LogP contribution in [0.1, 0.15) is 10.4 Å². The van der Waals surface area contributed by atoms with Crippen LogP contribution in [0, 0.1) is 0 Å². The fraction of sp³-hybridized carbons (Fsp3) is 0.455. The molecule has 1 aromatic carbocycles. The van der Waals surface area contributed by atoms with Crippen molar-refractivity contribution in [2.45, 2.75) is 17.2 Å². The Balaban J connectivity index is 3.11. The number of ether oxygens (including phenoxy) is 2. The van der Waals surface area contributed by atoms with Crippen molar-refractivity contribution in [2.24, 2.45) is 0 Å². The minimum absolute atomic E-state index is 0.0158. The first-order valence-electron chi connectivity index (χ1n) is 4.86. The van der Waals surface area contributed by atoms with Gasteiger partial charge in [0.1, 0.15) is 4.83 Å². The average molecular weight is 331 g/mol. The van der Waals surface area contributed by atoms with E-state index in [1.54, 1.807) is 0 Å². The summed E-state index contributed by atoms with van der Waals surface area (Å²) in [5.41, 5.74) is -0.0158. The van der Waals surface area contributed by atoms with E-state index < -0.39 is 17.2 Å². The van der Waals surface area contributed by atoms with Crippen molar-refractivity contribution < 1.29 is 27.0 Å². The Morgan fingerprint density at radius 2 is 1.67 bits per heavy atom. The minimum Gasteiger partial charge on any atom is -0.493 e. The topological polar surface area (TPSA) is 18.5 Å². The molecular weight excluding hydrogens is 320 g/mol. The van der Waals surface area contributed by atoms with Crippen LogP contribution in [-0.4, -0.2) is 26.6 Å². The predicted octanol–water partition coefficient (Wildman–Crippen LogP) is 4.04. The minimum atomic E-state index is -4.17. The Bertz CT molecular complexity index is 412. The first kappa shape index (κ1) is 15.1. The summed E-state index contributed by atoms with van der Waals surface area (Å²) in [5, 5.41) is 0. The third kappa shape index (κ3) is 2.88. The summed E-state index contributed by atoms with van der Waals surface area (Å²) in [6.07, 6.45) is -3.75. The SMILES string of the molecule is COc1ccc(C(Br)C(F)(F)C(F)F)cc1OC. The van der Waals surface area contributed by atoms with Crippen LogP contribution in [0.2, 0.25) is 0 Å². The van der Waals surface area contributed by atoms with Crippen LogP contribution in [0.25, 0.3) is 0 Å². The van der Waals surface area contributed by atoms with Gasteiger partial charge in [-0.3, -0.25) is 0 Å². The summed E-state index contributed by atoms with van der Waals surface area (Å²) < 4.78 is 60.7.